The SMILES string of the molecule is CC[C@@H]1CCCN(C(=O)c2cc(OC)c3c(c2)nc(-c2cc4cccc(C5CCN(C(=O)Nc6cccc(F)c6)CC5)c4n2CC2CC2)n3C)C1. The molecule has 2 aliphatic heterocycles. The molecule has 2 aromatic heterocycles. The fourth-order valence-electron chi connectivity index (χ4n) is 8.36. The van der Waals surface area contributed by atoms with Crippen molar-refractivity contribution in [3.8, 4) is 17.3 Å². The third kappa shape index (κ3) is 6.45. The number of carbonyl (C=O) groups is 2. The van der Waals surface area contributed by atoms with Crippen molar-refractivity contribution in [2.75, 3.05) is 38.6 Å². The number of urea groups is 1. The molecule has 0 bridgehead atoms. The number of benzene rings is 3. The normalized spacial score (nSPS) is 18.5. The number of imidazole rings is 1. The van der Waals surface area contributed by atoms with Crippen LogP contribution in [0.3, 0.4) is 0 Å². The van der Waals surface area contributed by atoms with Gasteiger partial charge < -0.3 is 29.0 Å². The Morgan fingerprint density at radius 1 is 0.922 bits per heavy atom. The summed E-state index contributed by atoms with van der Waals surface area (Å²) in [5, 5.41) is 4.03. The van der Waals surface area contributed by atoms with Crippen molar-refractivity contribution < 1.29 is 18.7 Å². The number of fused-ring (bicyclic) bond motifs is 2. The van der Waals surface area contributed by atoms with Gasteiger partial charge in [-0.2, -0.15) is 0 Å². The molecule has 0 radical (unpaired) electrons. The van der Waals surface area contributed by atoms with Gasteiger partial charge in [-0.3, -0.25) is 4.79 Å². The number of rotatable bonds is 8. The first-order valence-corrected chi connectivity index (χ1v) is 18.6. The van der Waals surface area contributed by atoms with E-state index < -0.39 is 0 Å². The third-order valence-electron chi connectivity index (χ3n) is 11.4. The summed E-state index contributed by atoms with van der Waals surface area (Å²) >= 11 is 0. The number of ether oxygens (including phenoxy) is 1. The van der Waals surface area contributed by atoms with Crippen LogP contribution < -0.4 is 10.1 Å². The number of halogens is 1. The molecule has 4 heterocycles. The zero-order chi connectivity index (χ0) is 35.2. The molecule has 1 N–H and O–H groups in total. The molecule has 1 saturated carbocycles. The Morgan fingerprint density at radius 2 is 1.73 bits per heavy atom. The zero-order valence-corrected chi connectivity index (χ0v) is 29.8. The molecule has 3 aliphatic rings. The van der Waals surface area contributed by atoms with Gasteiger partial charge in [0.25, 0.3) is 5.91 Å². The molecule has 3 aromatic carbocycles. The van der Waals surface area contributed by atoms with Crippen molar-refractivity contribution in [1.29, 1.82) is 0 Å². The number of amides is 3. The van der Waals surface area contributed by atoms with Crippen LogP contribution in [0.4, 0.5) is 14.9 Å². The predicted octanol–water partition coefficient (Wildman–Crippen LogP) is 8.43. The number of hydrogen-bond donors (Lipinski definition) is 1. The van der Waals surface area contributed by atoms with Crippen LogP contribution in [0.5, 0.6) is 5.75 Å². The number of para-hydroxylation sites is 1. The molecule has 266 valence electrons. The van der Waals surface area contributed by atoms with Crippen molar-refractivity contribution in [2.45, 2.75) is 64.3 Å². The summed E-state index contributed by atoms with van der Waals surface area (Å²) in [5.74, 6) is 2.65. The van der Waals surface area contributed by atoms with Crippen molar-refractivity contribution in [2.24, 2.45) is 18.9 Å². The monoisotopic (exact) mass is 690 g/mol. The van der Waals surface area contributed by atoms with E-state index in [2.05, 4.69) is 45.6 Å². The highest BCUT2D eigenvalue weighted by molar-refractivity contribution is 6.00. The Hall–Kier alpha value is -4.86. The second kappa shape index (κ2) is 13.7. The summed E-state index contributed by atoms with van der Waals surface area (Å²) in [4.78, 5) is 35.9. The Kier molecular flexibility index (Phi) is 8.94. The third-order valence-corrected chi connectivity index (χ3v) is 11.4. The number of piperidine rings is 2. The van der Waals surface area contributed by atoms with Crippen molar-refractivity contribution in [1.82, 2.24) is 23.9 Å². The fraction of sp³-hybridized carbons (Fsp3) is 0.439. The molecular weight excluding hydrogens is 643 g/mol. The number of likely N-dealkylation sites (tertiary alicyclic amines) is 2. The van der Waals surface area contributed by atoms with Crippen LogP contribution in [-0.4, -0.2) is 69.1 Å². The predicted molar refractivity (Wildman–Crippen MR) is 199 cm³/mol. The lowest BCUT2D eigenvalue weighted by Crippen LogP contribution is -2.40. The molecular formula is C41H47FN6O3. The number of aromatic nitrogens is 3. The maximum atomic E-state index is 13.8. The van der Waals surface area contributed by atoms with E-state index in [1.54, 1.807) is 19.2 Å². The van der Waals surface area contributed by atoms with Crippen molar-refractivity contribution in [3.63, 3.8) is 0 Å². The van der Waals surface area contributed by atoms with Crippen LogP contribution in [0.25, 0.3) is 33.5 Å². The highest BCUT2D eigenvalue weighted by Crippen LogP contribution is 2.41. The number of anilines is 1. The molecule has 1 aliphatic carbocycles. The van der Waals surface area contributed by atoms with Crippen LogP contribution >= 0.6 is 0 Å². The molecule has 1 atom stereocenters. The summed E-state index contributed by atoms with van der Waals surface area (Å²) in [5.41, 5.74) is 6.33. The summed E-state index contributed by atoms with van der Waals surface area (Å²) in [6.45, 7) is 5.96. The minimum Gasteiger partial charge on any atom is -0.494 e. The average Bonchev–Trinajstić information content (AvgIpc) is 3.82. The standard InChI is InChI=1S/C41H47FN6O3/c1-4-26-8-7-17-47(24-26)40(49)30-20-34-38(36(22-30)51-3)45(2)39(44-34)35-21-29-9-5-12-33(37(29)48(35)25-27-13-14-27)28-15-18-46(19-16-28)41(50)43-32-11-6-10-31(42)23-32/h5-6,9-12,20-23,26-28H,4,7-8,13-19,24-25H2,1-3H3,(H,43,50)/t26-/m1/s1. The number of carbonyl (C=O) groups excluding carboxylic acids is 2. The molecule has 8 rings (SSSR count). The molecule has 0 unspecified atom stereocenters. The number of aryl methyl sites for hydroxylation is 1. The average molecular weight is 691 g/mol. The lowest BCUT2D eigenvalue weighted by atomic mass is 9.88. The van der Waals surface area contributed by atoms with Crippen LogP contribution in [0.15, 0.2) is 60.7 Å². The van der Waals surface area contributed by atoms with Gasteiger partial charge in [0.1, 0.15) is 17.1 Å². The minimum atomic E-state index is -0.372. The highest BCUT2D eigenvalue weighted by Gasteiger charge is 2.31. The van der Waals surface area contributed by atoms with E-state index >= 15 is 0 Å². The summed E-state index contributed by atoms with van der Waals surface area (Å²) in [6.07, 6.45) is 7.42. The topological polar surface area (TPSA) is 84.6 Å². The van der Waals surface area contributed by atoms with Gasteiger partial charge in [0.2, 0.25) is 0 Å². The summed E-state index contributed by atoms with van der Waals surface area (Å²) < 4.78 is 24.2. The Labute approximate surface area is 298 Å². The summed E-state index contributed by atoms with van der Waals surface area (Å²) in [6, 6.07) is 18.5. The first-order valence-electron chi connectivity index (χ1n) is 18.6. The number of nitrogens with one attached hydrogen (secondary N) is 1. The van der Waals surface area contributed by atoms with Gasteiger partial charge >= 0.3 is 6.03 Å². The second-order valence-electron chi connectivity index (χ2n) is 14.8. The van der Waals surface area contributed by atoms with E-state index in [9.17, 15) is 14.0 Å². The van der Waals surface area contributed by atoms with Gasteiger partial charge in [-0.15, -0.1) is 0 Å². The van der Waals surface area contributed by atoms with Crippen LogP contribution in [0, 0.1) is 17.7 Å². The number of hydrogen-bond acceptors (Lipinski definition) is 4. The quantitative estimate of drug-likeness (QED) is 0.177. The van der Waals surface area contributed by atoms with Crippen LogP contribution in [-0.2, 0) is 13.6 Å². The molecule has 2 saturated heterocycles. The van der Waals surface area contributed by atoms with E-state index in [1.807, 2.05) is 29.0 Å². The Bertz CT molecular complexity index is 2110. The largest absolute Gasteiger partial charge is 0.494 e. The van der Waals surface area contributed by atoms with Gasteiger partial charge in [0, 0.05) is 56.4 Å². The molecule has 0 spiro atoms. The zero-order valence-electron chi connectivity index (χ0n) is 29.8. The van der Waals surface area contributed by atoms with E-state index in [4.69, 9.17) is 9.72 Å². The van der Waals surface area contributed by atoms with Gasteiger partial charge in [0.15, 0.2) is 5.82 Å². The maximum absolute atomic E-state index is 13.8. The highest BCUT2D eigenvalue weighted by atomic mass is 19.1. The first-order chi connectivity index (χ1) is 24.8. The molecule has 9 nitrogen and oxygen atoms in total. The van der Waals surface area contributed by atoms with Gasteiger partial charge in [-0.25, -0.2) is 14.2 Å². The lowest BCUT2D eigenvalue weighted by molar-refractivity contribution is 0.0671. The van der Waals surface area contributed by atoms with Crippen molar-refractivity contribution >= 4 is 39.6 Å². The van der Waals surface area contributed by atoms with Gasteiger partial charge in [-0.1, -0.05) is 37.6 Å². The Morgan fingerprint density at radius 3 is 2.47 bits per heavy atom. The fourth-order valence-corrected chi connectivity index (χ4v) is 8.36. The van der Waals surface area contributed by atoms with Gasteiger partial charge in [-0.05, 0) is 98.2 Å². The molecule has 5 aromatic rings. The second-order valence-corrected chi connectivity index (χ2v) is 14.8. The van der Waals surface area contributed by atoms with E-state index in [0.717, 1.165) is 67.9 Å². The maximum Gasteiger partial charge on any atom is 0.321 e. The molecule has 3 fully saturated rings. The van der Waals surface area contributed by atoms with Crippen LogP contribution in [0.1, 0.15) is 73.7 Å². The Balaban J connectivity index is 1.11. The van der Waals surface area contributed by atoms with E-state index in [-0.39, 0.29) is 17.8 Å². The number of methoxy groups -OCH3 is 1. The molecule has 51 heavy (non-hydrogen) atoms. The first kappa shape index (κ1) is 33.3. The number of nitrogens with zero attached hydrogens (tertiary/aromatic N) is 5. The molecule has 10 heteroatoms. The lowest BCUT2D eigenvalue weighted by Gasteiger charge is -2.32. The van der Waals surface area contributed by atoms with Crippen LogP contribution in [0.2, 0.25) is 0 Å². The smallest absolute Gasteiger partial charge is 0.321 e. The van der Waals surface area contributed by atoms with E-state index in [1.165, 1.54) is 47.9 Å². The minimum absolute atomic E-state index is 0.0468. The van der Waals surface area contributed by atoms with Crippen molar-refractivity contribution in [3.05, 3.63) is 77.6 Å². The molecule has 3 amide bonds. The van der Waals surface area contributed by atoms with Gasteiger partial charge in [0.05, 0.1) is 23.8 Å². The van der Waals surface area contributed by atoms with E-state index in [0.29, 0.717) is 47.8 Å². The summed E-state index contributed by atoms with van der Waals surface area (Å²) in [7, 11) is 3.70.